The van der Waals surface area contributed by atoms with Crippen molar-refractivity contribution in [1.29, 1.82) is 0 Å². The highest BCUT2D eigenvalue weighted by atomic mass is 15.0. The number of nitrogens with zero attached hydrogens (tertiary/aromatic N) is 2. The molecular weight excluding hydrogens is 368 g/mol. The molecule has 2 aromatic heterocycles. The van der Waals surface area contributed by atoms with E-state index in [1.165, 1.54) is 28.6 Å². The third-order valence-electron chi connectivity index (χ3n) is 5.78. The maximum atomic E-state index is 4.78. The zero-order valence-electron chi connectivity index (χ0n) is 17.8. The van der Waals surface area contributed by atoms with Crippen LogP contribution in [0.25, 0.3) is 10.9 Å². The van der Waals surface area contributed by atoms with Crippen LogP contribution in [0, 0.1) is 0 Å². The largest absolute Gasteiger partial charge is 0.389 e. The van der Waals surface area contributed by atoms with Gasteiger partial charge in [0, 0.05) is 36.1 Å². The van der Waals surface area contributed by atoms with Gasteiger partial charge >= 0.3 is 0 Å². The Hall–Kier alpha value is -2.88. The molecule has 0 aliphatic carbocycles. The number of para-hydroxylation sites is 1. The molecule has 0 saturated heterocycles. The maximum absolute atomic E-state index is 4.78. The highest BCUT2D eigenvalue weighted by Gasteiger charge is 2.10. The van der Waals surface area contributed by atoms with E-state index in [4.69, 9.17) is 4.98 Å². The average Bonchev–Trinajstić information content (AvgIpc) is 2.79. The van der Waals surface area contributed by atoms with Crippen molar-refractivity contribution in [3.8, 4) is 0 Å². The summed E-state index contributed by atoms with van der Waals surface area (Å²) in [6.07, 6.45) is 10.9. The number of anilines is 1. The first-order valence-corrected chi connectivity index (χ1v) is 11.3. The van der Waals surface area contributed by atoms with Gasteiger partial charge in [0.25, 0.3) is 0 Å². The summed E-state index contributed by atoms with van der Waals surface area (Å²) < 4.78 is 0. The van der Waals surface area contributed by atoms with Gasteiger partial charge in [-0.25, -0.2) is 4.98 Å². The second kappa shape index (κ2) is 10.2. The van der Waals surface area contributed by atoms with Crippen molar-refractivity contribution >= 4 is 16.7 Å². The van der Waals surface area contributed by atoms with Crippen LogP contribution in [0.1, 0.15) is 48.9 Å². The van der Waals surface area contributed by atoms with Gasteiger partial charge in [-0.15, -0.1) is 0 Å². The quantitative estimate of drug-likeness (QED) is 0.445. The number of benzene rings is 1. The fourth-order valence-corrected chi connectivity index (χ4v) is 4.05. The molecule has 4 nitrogen and oxygen atoms in total. The van der Waals surface area contributed by atoms with Crippen LogP contribution in [-0.2, 0) is 19.3 Å². The Kier molecular flexibility index (Phi) is 6.96. The van der Waals surface area contributed by atoms with Crippen molar-refractivity contribution in [2.24, 2.45) is 0 Å². The van der Waals surface area contributed by atoms with Crippen LogP contribution in [0.5, 0.6) is 0 Å². The summed E-state index contributed by atoms with van der Waals surface area (Å²) in [7, 11) is 0. The lowest BCUT2D eigenvalue weighted by molar-refractivity contribution is 0.653. The van der Waals surface area contributed by atoms with Crippen molar-refractivity contribution in [2.75, 3.05) is 18.4 Å². The monoisotopic (exact) mass is 400 g/mol. The Morgan fingerprint density at radius 3 is 2.97 bits per heavy atom. The minimum Gasteiger partial charge on any atom is -0.389 e. The Morgan fingerprint density at radius 2 is 2.00 bits per heavy atom. The smallest absolute Gasteiger partial charge is 0.129 e. The zero-order valence-corrected chi connectivity index (χ0v) is 17.8. The molecule has 2 N–H and O–H groups in total. The van der Waals surface area contributed by atoms with Crippen LogP contribution in [0.2, 0.25) is 0 Å². The number of nitrogens with one attached hydrogen (secondary N) is 2. The fourth-order valence-electron chi connectivity index (χ4n) is 4.05. The first-order valence-electron chi connectivity index (χ1n) is 11.3. The van der Waals surface area contributed by atoms with Gasteiger partial charge in [-0.3, -0.25) is 4.98 Å². The molecule has 0 spiro atoms. The Bertz CT molecular complexity index is 995. The summed E-state index contributed by atoms with van der Waals surface area (Å²) >= 11 is 0. The van der Waals surface area contributed by atoms with Crippen LogP contribution in [0.4, 0.5) is 5.82 Å². The van der Waals surface area contributed by atoms with Crippen molar-refractivity contribution < 1.29 is 0 Å². The third-order valence-corrected chi connectivity index (χ3v) is 5.78. The molecule has 0 radical (unpaired) electrons. The minimum atomic E-state index is 0.962. The molecule has 3 heterocycles. The van der Waals surface area contributed by atoms with E-state index in [2.05, 4.69) is 58.6 Å². The summed E-state index contributed by atoms with van der Waals surface area (Å²) in [5.74, 6) is 1.10. The predicted molar refractivity (Wildman–Crippen MR) is 126 cm³/mol. The molecule has 3 aromatic rings. The summed E-state index contributed by atoms with van der Waals surface area (Å²) in [5, 5.41) is 8.13. The van der Waals surface area contributed by atoms with Gasteiger partial charge in [-0.05, 0) is 80.7 Å². The highest BCUT2D eigenvalue weighted by Crippen LogP contribution is 2.20. The van der Waals surface area contributed by atoms with Crippen molar-refractivity contribution in [1.82, 2.24) is 15.3 Å². The lowest BCUT2D eigenvalue weighted by atomic mass is 10.1. The van der Waals surface area contributed by atoms with Gasteiger partial charge in [0.05, 0.1) is 5.52 Å². The molecule has 1 aliphatic heterocycles. The predicted octanol–water partition coefficient (Wildman–Crippen LogP) is 5.44. The van der Waals surface area contributed by atoms with E-state index in [0.29, 0.717) is 0 Å². The molecule has 0 bridgehead atoms. The van der Waals surface area contributed by atoms with Crippen LogP contribution < -0.4 is 10.6 Å². The van der Waals surface area contributed by atoms with E-state index in [0.717, 1.165) is 75.1 Å². The maximum Gasteiger partial charge on any atom is 0.129 e. The van der Waals surface area contributed by atoms with E-state index in [1.807, 2.05) is 12.3 Å². The second-order valence-electron chi connectivity index (χ2n) is 8.22. The summed E-state index contributed by atoms with van der Waals surface area (Å²) in [5.41, 5.74) is 6.07. The molecule has 0 atom stereocenters. The number of hydrogen-bond acceptors (Lipinski definition) is 4. The molecule has 1 aromatic carbocycles. The van der Waals surface area contributed by atoms with Crippen LogP contribution in [-0.4, -0.2) is 23.1 Å². The van der Waals surface area contributed by atoms with E-state index in [-0.39, 0.29) is 0 Å². The SMILES string of the molecule is C=C(CCCCc1ccc2c(n1)NCCC2)NCCCc1cnc2ccccc2c1. The summed E-state index contributed by atoms with van der Waals surface area (Å²) in [6.45, 7) is 6.20. The Balaban J connectivity index is 1.11. The number of pyridine rings is 2. The molecule has 0 saturated carbocycles. The van der Waals surface area contributed by atoms with Gasteiger partial charge in [-0.1, -0.05) is 30.8 Å². The van der Waals surface area contributed by atoms with Crippen LogP contribution in [0.15, 0.2) is 60.9 Å². The topological polar surface area (TPSA) is 49.8 Å². The number of aryl methyl sites for hydroxylation is 3. The molecule has 0 amide bonds. The first kappa shape index (κ1) is 20.4. The zero-order chi connectivity index (χ0) is 20.6. The van der Waals surface area contributed by atoms with Crippen LogP contribution in [0.3, 0.4) is 0 Å². The van der Waals surface area contributed by atoms with Gasteiger partial charge in [0.1, 0.15) is 5.82 Å². The van der Waals surface area contributed by atoms with Gasteiger partial charge < -0.3 is 10.6 Å². The number of rotatable bonds is 10. The van der Waals surface area contributed by atoms with Crippen molar-refractivity contribution in [3.05, 3.63) is 77.8 Å². The van der Waals surface area contributed by atoms with Crippen LogP contribution >= 0.6 is 0 Å². The average molecular weight is 401 g/mol. The molecule has 0 unspecified atom stereocenters. The third kappa shape index (κ3) is 5.59. The van der Waals surface area contributed by atoms with Crippen molar-refractivity contribution in [2.45, 2.75) is 51.4 Å². The molecule has 1 aliphatic rings. The molecule has 4 heteroatoms. The molecular formula is C26H32N4. The van der Waals surface area contributed by atoms with Gasteiger partial charge in [0.15, 0.2) is 0 Å². The Labute approximate surface area is 179 Å². The normalized spacial score (nSPS) is 12.9. The number of hydrogen-bond donors (Lipinski definition) is 2. The summed E-state index contributed by atoms with van der Waals surface area (Å²) in [6, 6.07) is 15.0. The highest BCUT2D eigenvalue weighted by molar-refractivity contribution is 5.78. The van der Waals surface area contributed by atoms with E-state index >= 15 is 0 Å². The van der Waals surface area contributed by atoms with E-state index < -0.39 is 0 Å². The number of aromatic nitrogens is 2. The fraction of sp³-hybridized carbons (Fsp3) is 0.385. The number of fused-ring (bicyclic) bond motifs is 2. The standard InChI is InChI=1S/C26H32N4/c1-20(8-2-4-12-24-15-14-22-11-7-17-28-26(22)30-24)27-16-6-9-21-18-23-10-3-5-13-25(23)29-19-21/h3,5,10,13-15,18-19,27H,1-2,4,6-9,11-12,16-17H2,(H,28,30). The molecule has 156 valence electrons. The van der Waals surface area contributed by atoms with E-state index in [9.17, 15) is 0 Å². The second-order valence-corrected chi connectivity index (χ2v) is 8.22. The molecule has 4 rings (SSSR count). The number of unbranched alkanes of at least 4 members (excludes halogenated alkanes) is 1. The van der Waals surface area contributed by atoms with Gasteiger partial charge in [0.2, 0.25) is 0 Å². The summed E-state index contributed by atoms with van der Waals surface area (Å²) in [4.78, 5) is 9.33. The van der Waals surface area contributed by atoms with E-state index in [1.54, 1.807) is 0 Å². The first-order chi connectivity index (χ1) is 14.8. The molecule has 0 fully saturated rings. The molecule has 30 heavy (non-hydrogen) atoms. The lowest BCUT2D eigenvalue weighted by Crippen LogP contribution is -2.15. The van der Waals surface area contributed by atoms with Gasteiger partial charge in [-0.2, -0.15) is 0 Å². The minimum absolute atomic E-state index is 0.962. The number of allylic oxidation sites excluding steroid dienone is 1. The van der Waals surface area contributed by atoms with Crippen molar-refractivity contribution in [3.63, 3.8) is 0 Å². The Morgan fingerprint density at radius 1 is 1.07 bits per heavy atom. The lowest BCUT2D eigenvalue weighted by Gasteiger charge is -2.17.